The lowest BCUT2D eigenvalue weighted by Crippen LogP contribution is -2.36. The molecule has 122 valence electrons. The summed E-state index contributed by atoms with van der Waals surface area (Å²) >= 11 is 1.51. The smallest absolute Gasteiger partial charge is 0.348 e. The van der Waals surface area contributed by atoms with Gasteiger partial charge in [0.05, 0.1) is 0 Å². The minimum atomic E-state index is -0.383. The van der Waals surface area contributed by atoms with Gasteiger partial charge in [-0.2, -0.15) is 0 Å². The lowest BCUT2D eigenvalue weighted by Gasteiger charge is -2.16. The highest BCUT2D eigenvalue weighted by molar-refractivity contribution is 7.14. The highest BCUT2D eigenvalue weighted by Crippen LogP contribution is 2.32. The topological polar surface area (TPSA) is 55.4 Å². The maximum absolute atomic E-state index is 12.1. The summed E-state index contributed by atoms with van der Waals surface area (Å²) in [5, 5.41) is 2.87. The van der Waals surface area contributed by atoms with Gasteiger partial charge in [0.25, 0.3) is 5.91 Å². The number of esters is 1. The largest absolute Gasteiger partial charge is 0.451 e. The van der Waals surface area contributed by atoms with Crippen LogP contribution in [-0.2, 0) is 22.4 Å². The molecular formula is C17H25NO3S. The van der Waals surface area contributed by atoms with Crippen molar-refractivity contribution >= 4 is 23.2 Å². The van der Waals surface area contributed by atoms with Crippen LogP contribution in [0.2, 0.25) is 0 Å². The van der Waals surface area contributed by atoms with Crippen LogP contribution in [0.3, 0.4) is 0 Å². The predicted octanol–water partition coefficient (Wildman–Crippen LogP) is 3.33. The summed E-state index contributed by atoms with van der Waals surface area (Å²) in [6.45, 7) is 6.09. The molecule has 22 heavy (non-hydrogen) atoms. The maximum atomic E-state index is 12.1. The summed E-state index contributed by atoms with van der Waals surface area (Å²) in [6, 6.07) is 2.10. The van der Waals surface area contributed by atoms with E-state index in [0.29, 0.717) is 10.8 Å². The molecule has 1 aromatic rings. The lowest BCUT2D eigenvalue weighted by molar-refractivity contribution is -0.125. The molecule has 0 bridgehead atoms. The number of rotatable bonds is 6. The Labute approximate surface area is 136 Å². The van der Waals surface area contributed by atoms with Crippen molar-refractivity contribution in [1.29, 1.82) is 0 Å². The molecule has 0 radical (unpaired) electrons. The summed E-state index contributed by atoms with van der Waals surface area (Å²) in [4.78, 5) is 25.8. The van der Waals surface area contributed by atoms with Crippen molar-refractivity contribution in [3.63, 3.8) is 0 Å². The average Bonchev–Trinajstić information content (AvgIpc) is 2.93. The number of hydrogen-bond acceptors (Lipinski definition) is 4. The number of nitrogens with one attached hydrogen (secondary N) is 1. The number of carbonyl (C=O) groups is 2. The number of carbonyl (C=O) groups excluding carboxylic acids is 2. The van der Waals surface area contributed by atoms with Gasteiger partial charge >= 0.3 is 5.97 Å². The first-order chi connectivity index (χ1) is 10.5. The Bertz CT molecular complexity index is 534. The van der Waals surface area contributed by atoms with Gasteiger partial charge in [-0.15, -0.1) is 11.3 Å². The molecule has 1 aliphatic carbocycles. The number of ether oxygens (including phenoxy) is 1. The summed E-state index contributed by atoms with van der Waals surface area (Å²) in [5.74, 6) is 0.0699. The van der Waals surface area contributed by atoms with E-state index < -0.39 is 0 Å². The number of amides is 1. The van der Waals surface area contributed by atoms with Gasteiger partial charge in [-0.25, -0.2) is 4.79 Å². The van der Waals surface area contributed by atoms with E-state index in [0.717, 1.165) is 25.7 Å². The summed E-state index contributed by atoms with van der Waals surface area (Å²) < 4.78 is 5.14. The van der Waals surface area contributed by atoms with E-state index in [1.807, 2.05) is 19.9 Å². The molecule has 1 atom stereocenters. The first kappa shape index (κ1) is 17.0. The minimum absolute atomic E-state index is 0.154. The zero-order chi connectivity index (χ0) is 16.1. The van der Waals surface area contributed by atoms with Crippen molar-refractivity contribution in [1.82, 2.24) is 5.32 Å². The third kappa shape index (κ3) is 4.32. The van der Waals surface area contributed by atoms with Crippen LogP contribution in [0, 0.1) is 5.92 Å². The summed E-state index contributed by atoms with van der Waals surface area (Å²) in [6.07, 6.45) is 5.02. The van der Waals surface area contributed by atoms with Gasteiger partial charge < -0.3 is 10.1 Å². The van der Waals surface area contributed by atoms with Crippen molar-refractivity contribution < 1.29 is 14.3 Å². The molecule has 0 unspecified atom stereocenters. The lowest BCUT2D eigenvalue weighted by atomic mass is 9.90. The van der Waals surface area contributed by atoms with E-state index in [1.54, 1.807) is 0 Å². The van der Waals surface area contributed by atoms with E-state index in [2.05, 4.69) is 12.2 Å². The van der Waals surface area contributed by atoms with Crippen LogP contribution < -0.4 is 5.32 Å². The molecule has 0 fully saturated rings. The predicted molar refractivity (Wildman–Crippen MR) is 88.3 cm³/mol. The van der Waals surface area contributed by atoms with Crippen LogP contribution in [0.5, 0.6) is 0 Å². The number of aryl methyl sites for hydroxylation is 1. The zero-order valence-corrected chi connectivity index (χ0v) is 14.4. The van der Waals surface area contributed by atoms with Crippen LogP contribution in [0.4, 0.5) is 0 Å². The van der Waals surface area contributed by atoms with E-state index in [-0.39, 0.29) is 24.5 Å². The Morgan fingerprint density at radius 1 is 1.41 bits per heavy atom. The number of hydrogen-bond donors (Lipinski definition) is 1. The number of thiophene rings is 1. The highest BCUT2D eigenvalue weighted by Gasteiger charge is 2.21. The first-order valence-electron chi connectivity index (χ1n) is 8.11. The second-order valence-corrected chi connectivity index (χ2v) is 7.20. The fraction of sp³-hybridized carbons (Fsp3) is 0.647. The van der Waals surface area contributed by atoms with Crippen LogP contribution >= 0.6 is 11.3 Å². The normalized spacial score (nSPS) is 17.2. The van der Waals surface area contributed by atoms with Gasteiger partial charge in [0.15, 0.2) is 6.61 Å². The third-order valence-electron chi connectivity index (χ3n) is 4.22. The molecule has 0 saturated carbocycles. The SMILES string of the molecule is CCC(CC)NC(=O)COC(=O)c1cc2c(s1)CC[C@@H](C)C2. The van der Waals surface area contributed by atoms with Gasteiger partial charge in [-0.05, 0) is 49.7 Å². The van der Waals surface area contributed by atoms with Crippen molar-refractivity contribution in [3.8, 4) is 0 Å². The zero-order valence-electron chi connectivity index (χ0n) is 13.6. The highest BCUT2D eigenvalue weighted by atomic mass is 32.1. The van der Waals surface area contributed by atoms with Crippen LogP contribution in [0.25, 0.3) is 0 Å². The monoisotopic (exact) mass is 323 g/mol. The van der Waals surface area contributed by atoms with Gasteiger partial charge in [0, 0.05) is 10.9 Å². The molecule has 1 amide bonds. The molecule has 1 N–H and O–H groups in total. The quantitative estimate of drug-likeness (QED) is 0.817. The molecule has 0 aromatic carbocycles. The van der Waals surface area contributed by atoms with Gasteiger partial charge in [0.1, 0.15) is 4.88 Å². The van der Waals surface area contributed by atoms with Crippen molar-refractivity contribution in [3.05, 3.63) is 21.4 Å². The van der Waals surface area contributed by atoms with E-state index in [9.17, 15) is 9.59 Å². The Kier molecular flexibility index (Phi) is 6.00. The van der Waals surface area contributed by atoms with Gasteiger partial charge in [-0.3, -0.25) is 4.79 Å². The fourth-order valence-corrected chi connectivity index (χ4v) is 3.87. The number of fused-ring (bicyclic) bond motifs is 1. The molecule has 5 heteroatoms. The van der Waals surface area contributed by atoms with Crippen LogP contribution in [0.15, 0.2) is 6.07 Å². The molecule has 4 nitrogen and oxygen atoms in total. The van der Waals surface area contributed by atoms with E-state index in [1.165, 1.54) is 28.2 Å². The molecule has 0 saturated heterocycles. The van der Waals surface area contributed by atoms with E-state index in [4.69, 9.17) is 4.74 Å². The molecule has 1 heterocycles. The summed E-state index contributed by atoms with van der Waals surface area (Å²) in [5.41, 5.74) is 1.28. The Hall–Kier alpha value is -1.36. The molecule has 2 rings (SSSR count). The second-order valence-electron chi connectivity index (χ2n) is 6.06. The second kappa shape index (κ2) is 7.77. The molecule has 0 aliphatic heterocycles. The minimum Gasteiger partial charge on any atom is -0.451 e. The van der Waals surface area contributed by atoms with Crippen molar-refractivity contribution in [2.24, 2.45) is 5.92 Å². The Balaban J connectivity index is 1.86. The molecule has 1 aliphatic rings. The summed E-state index contributed by atoms with van der Waals surface area (Å²) in [7, 11) is 0. The molecule has 0 spiro atoms. The van der Waals surface area contributed by atoms with Gasteiger partial charge in [0.2, 0.25) is 0 Å². The van der Waals surface area contributed by atoms with Crippen LogP contribution in [0.1, 0.15) is 60.1 Å². The molecular weight excluding hydrogens is 298 g/mol. The molecule has 1 aromatic heterocycles. The third-order valence-corrected chi connectivity index (χ3v) is 5.43. The first-order valence-corrected chi connectivity index (χ1v) is 8.93. The van der Waals surface area contributed by atoms with Crippen molar-refractivity contribution in [2.75, 3.05) is 6.61 Å². The average molecular weight is 323 g/mol. The standard InChI is InChI=1S/C17H25NO3S/c1-4-13(5-2)18-16(19)10-21-17(20)15-9-12-8-11(3)6-7-14(12)22-15/h9,11,13H,4-8,10H2,1-3H3,(H,18,19)/t11-/m1/s1. The fourth-order valence-electron chi connectivity index (χ4n) is 2.77. The van der Waals surface area contributed by atoms with Crippen molar-refractivity contribution in [2.45, 2.75) is 58.9 Å². The maximum Gasteiger partial charge on any atom is 0.348 e. The van der Waals surface area contributed by atoms with Gasteiger partial charge in [-0.1, -0.05) is 20.8 Å². The van der Waals surface area contributed by atoms with Crippen LogP contribution in [-0.4, -0.2) is 24.5 Å². The van der Waals surface area contributed by atoms with E-state index >= 15 is 0 Å². The Morgan fingerprint density at radius 2 is 2.14 bits per heavy atom. The Morgan fingerprint density at radius 3 is 2.82 bits per heavy atom.